The lowest BCUT2D eigenvalue weighted by molar-refractivity contribution is -0.134. The molecule has 2 aromatic carbocycles. The van der Waals surface area contributed by atoms with Gasteiger partial charge in [0.1, 0.15) is 11.2 Å². The van der Waals surface area contributed by atoms with Crippen LogP contribution >= 0.6 is 0 Å². The summed E-state index contributed by atoms with van der Waals surface area (Å²) in [5.74, 6) is -0.407. The van der Waals surface area contributed by atoms with Crippen molar-refractivity contribution in [3.63, 3.8) is 0 Å². The summed E-state index contributed by atoms with van der Waals surface area (Å²) < 4.78 is 12.3. The van der Waals surface area contributed by atoms with Crippen molar-refractivity contribution in [2.75, 3.05) is 7.11 Å². The first-order valence-corrected chi connectivity index (χ1v) is 13.1. The van der Waals surface area contributed by atoms with E-state index in [1.807, 2.05) is 61.7 Å². The van der Waals surface area contributed by atoms with E-state index < -0.39 is 23.2 Å². The Labute approximate surface area is 228 Å². The number of methoxy groups -OCH3 is 1. The fraction of sp³-hybridized carbons (Fsp3) is 0.281. The number of ether oxygens (including phenoxy) is 2. The number of esters is 1. The highest BCUT2D eigenvalue weighted by Crippen LogP contribution is 2.42. The van der Waals surface area contributed by atoms with E-state index in [9.17, 15) is 9.59 Å². The molecular weight excluding hydrogens is 490 g/mol. The number of hydrogen-bond acceptors (Lipinski definition) is 5. The molecule has 0 spiro atoms. The standard InChI is InChI=1S/C32H33N3O4/c1-31(2,3)39-30(37)34-32(19-8-20-32)25-15-13-23(14-16-25)28-29(24-9-6-5-7-10-24)35-21-22(11-17-26(35)33-28)12-18-27(36)38-4/h5-7,9-18,21H,8,19-20H2,1-4H3,(H,34,37). The minimum atomic E-state index is -0.551. The normalized spacial score (nSPS) is 14.7. The molecule has 0 atom stereocenters. The van der Waals surface area contributed by atoms with Crippen LogP contribution < -0.4 is 5.32 Å². The smallest absolute Gasteiger partial charge is 0.408 e. The fourth-order valence-corrected chi connectivity index (χ4v) is 4.93. The number of rotatable bonds is 6. The summed E-state index contributed by atoms with van der Waals surface area (Å²) in [6.07, 6.45) is 7.50. The lowest BCUT2D eigenvalue weighted by Gasteiger charge is -2.43. The fourth-order valence-electron chi connectivity index (χ4n) is 4.93. The summed E-state index contributed by atoms with van der Waals surface area (Å²) in [7, 11) is 1.36. The summed E-state index contributed by atoms with van der Waals surface area (Å²) >= 11 is 0. The number of alkyl carbamates (subject to hydrolysis) is 1. The minimum absolute atomic E-state index is 0.393. The Hall–Kier alpha value is -4.39. The van der Waals surface area contributed by atoms with Crippen molar-refractivity contribution in [1.29, 1.82) is 0 Å². The number of pyridine rings is 1. The van der Waals surface area contributed by atoms with Crippen LogP contribution in [0.4, 0.5) is 4.79 Å². The molecule has 200 valence electrons. The predicted octanol–water partition coefficient (Wildman–Crippen LogP) is 6.76. The Morgan fingerprint density at radius 2 is 1.69 bits per heavy atom. The molecule has 0 unspecified atom stereocenters. The van der Waals surface area contributed by atoms with E-state index in [1.165, 1.54) is 13.2 Å². The Bertz CT molecular complexity index is 1530. The summed E-state index contributed by atoms with van der Waals surface area (Å²) in [5.41, 5.74) is 5.55. The molecule has 0 aliphatic heterocycles. The molecule has 1 aliphatic rings. The number of aromatic nitrogens is 2. The first kappa shape index (κ1) is 26.2. The number of carbonyl (C=O) groups is 2. The summed E-state index contributed by atoms with van der Waals surface area (Å²) in [4.78, 5) is 29.2. The van der Waals surface area contributed by atoms with Crippen LogP contribution in [-0.2, 0) is 19.8 Å². The molecule has 7 heteroatoms. The van der Waals surface area contributed by atoms with E-state index in [-0.39, 0.29) is 0 Å². The third kappa shape index (κ3) is 5.58. The minimum Gasteiger partial charge on any atom is -0.466 e. The van der Waals surface area contributed by atoms with Crippen LogP contribution in [0.5, 0.6) is 0 Å². The van der Waals surface area contributed by atoms with Gasteiger partial charge in [-0.15, -0.1) is 0 Å². The predicted molar refractivity (Wildman–Crippen MR) is 152 cm³/mol. The molecule has 1 saturated carbocycles. The molecule has 0 bridgehead atoms. The second-order valence-electron chi connectivity index (χ2n) is 10.9. The van der Waals surface area contributed by atoms with E-state index in [1.54, 1.807) is 6.08 Å². The van der Waals surface area contributed by atoms with Gasteiger partial charge >= 0.3 is 12.1 Å². The molecule has 2 heterocycles. The molecule has 2 aromatic heterocycles. The maximum Gasteiger partial charge on any atom is 0.408 e. The Morgan fingerprint density at radius 1 is 0.974 bits per heavy atom. The molecule has 39 heavy (non-hydrogen) atoms. The quantitative estimate of drug-likeness (QED) is 0.223. The molecule has 4 aromatic rings. The van der Waals surface area contributed by atoms with Crippen molar-refractivity contribution in [2.45, 2.75) is 51.2 Å². The first-order chi connectivity index (χ1) is 18.7. The molecule has 0 saturated heterocycles. The zero-order chi connectivity index (χ0) is 27.6. The van der Waals surface area contributed by atoms with Gasteiger partial charge in [-0.05, 0) is 69.4 Å². The zero-order valence-corrected chi connectivity index (χ0v) is 22.7. The van der Waals surface area contributed by atoms with Crippen molar-refractivity contribution in [3.8, 4) is 22.5 Å². The number of fused-ring (bicyclic) bond motifs is 1. The first-order valence-electron chi connectivity index (χ1n) is 13.1. The number of nitrogens with one attached hydrogen (secondary N) is 1. The number of amides is 1. The number of hydrogen-bond donors (Lipinski definition) is 1. The van der Waals surface area contributed by atoms with Crippen molar-refractivity contribution >= 4 is 23.8 Å². The SMILES string of the molecule is COC(=O)C=Cc1ccc2nc(-c3ccc(C4(NC(=O)OC(C)(C)C)CCC4)cc3)c(-c3ccccc3)n2c1. The number of benzene rings is 2. The average Bonchev–Trinajstić information content (AvgIpc) is 3.28. The highest BCUT2D eigenvalue weighted by molar-refractivity contribution is 5.87. The number of imidazole rings is 1. The molecule has 1 N–H and O–H groups in total. The van der Waals surface area contributed by atoms with Gasteiger partial charge in [-0.3, -0.25) is 4.40 Å². The molecule has 7 nitrogen and oxygen atoms in total. The van der Waals surface area contributed by atoms with Gasteiger partial charge in [0.25, 0.3) is 0 Å². The third-order valence-electron chi connectivity index (χ3n) is 6.96. The van der Waals surface area contributed by atoms with E-state index in [2.05, 4.69) is 41.7 Å². The van der Waals surface area contributed by atoms with Crippen LogP contribution in [0.15, 0.2) is 79.0 Å². The maximum absolute atomic E-state index is 12.6. The highest BCUT2D eigenvalue weighted by atomic mass is 16.6. The molecular formula is C32H33N3O4. The van der Waals surface area contributed by atoms with Gasteiger partial charge in [-0.25, -0.2) is 14.6 Å². The van der Waals surface area contributed by atoms with E-state index in [0.717, 1.165) is 58.6 Å². The van der Waals surface area contributed by atoms with Crippen LogP contribution in [-0.4, -0.2) is 34.2 Å². The van der Waals surface area contributed by atoms with Gasteiger partial charge in [-0.2, -0.15) is 0 Å². The Balaban J connectivity index is 1.52. The van der Waals surface area contributed by atoms with Crippen molar-refractivity contribution < 1.29 is 19.1 Å². The van der Waals surface area contributed by atoms with Crippen molar-refractivity contribution in [2.24, 2.45) is 0 Å². The average molecular weight is 524 g/mol. The van der Waals surface area contributed by atoms with Crippen LogP contribution in [0, 0.1) is 0 Å². The van der Waals surface area contributed by atoms with Crippen LogP contribution in [0.1, 0.15) is 51.2 Å². The van der Waals surface area contributed by atoms with E-state index in [0.29, 0.717) is 0 Å². The maximum atomic E-state index is 12.6. The monoisotopic (exact) mass is 523 g/mol. The second-order valence-corrected chi connectivity index (χ2v) is 10.9. The van der Waals surface area contributed by atoms with Crippen molar-refractivity contribution in [1.82, 2.24) is 14.7 Å². The van der Waals surface area contributed by atoms with Gasteiger partial charge in [0.2, 0.25) is 0 Å². The third-order valence-corrected chi connectivity index (χ3v) is 6.96. The van der Waals surface area contributed by atoms with Gasteiger partial charge in [0, 0.05) is 23.4 Å². The number of carbonyl (C=O) groups excluding carboxylic acids is 2. The topological polar surface area (TPSA) is 81.9 Å². The van der Waals surface area contributed by atoms with Gasteiger partial charge < -0.3 is 14.8 Å². The Morgan fingerprint density at radius 3 is 2.31 bits per heavy atom. The van der Waals surface area contributed by atoms with Gasteiger partial charge in [-0.1, -0.05) is 54.6 Å². The molecule has 5 rings (SSSR count). The number of nitrogens with zero attached hydrogens (tertiary/aromatic N) is 2. The zero-order valence-electron chi connectivity index (χ0n) is 22.7. The van der Waals surface area contributed by atoms with E-state index in [4.69, 9.17) is 14.5 Å². The lowest BCUT2D eigenvalue weighted by Crippen LogP contribution is -2.52. The molecule has 1 fully saturated rings. The van der Waals surface area contributed by atoms with Crippen LogP contribution in [0.2, 0.25) is 0 Å². The molecule has 0 radical (unpaired) electrons. The second kappa shape index (κ2) is 10.4. The summed E-state index contributed by atoms with van der Waals surface area (Å²) in [6.45, 7) is 5.60. The lowest BCUT2D eigenvalue weighted by atomic mass is 9.71. The van der Waals surface area contributed by atoms with E-state index >= 15 is 0 Å². The molecule has 1 amide bonds. The molecule has 1 aliphatic carbocycles. The largest absolute Gasteiger partial charge is 0.466 e. The summed E-state index contributed by atoms with van der Waals surface area (Å²) in [6, 6.07) is 22.3. The Kier molecular flexibility index (Phi) is 7.00. The van der Waals surface area contributed by atoms with Gasteiger partial charge in [0.05, 0.1) is 24.0 Å². The highest BCUT2D eigenvalue weighted by Gasteiger charge is 2.41. The van der Waals surface area contributed by atoms with Gasteiger partial charge in [0.15, 0.2) is 0 Å². The summed E-state index contributed by atoms with van der Waals surface area (Å²) in [5, 5.41) is 3.13. The van der Waals surface area contributed by atoms with Crippen LogP contribution in [0.25, 0.3) is 34.2 Å². The van der Waals surface area contributed by atoms with Crippen molar-refractivity contribution in [3.05, 3.63) is 90.1 Å². The van der Waals surface area contributed by atoms with Crippen LogP contribution in [0.3, 0.4) is 0 Å².